The molecule has 1 heterocycles. The van der Waals surface area contributed by atoms with Gasteiger partial charge in [0, 0.05) is 10.6 Å². The van der Waals surface area contributed by atoms with Crippen LogP contribution in [0.4, 0.5) is 0 Å². The number of nitrogens with zero attached hydrogens (tertiary/aromatic N) is 2. The maximum absolute atomic E-state index is 12.4. The summed E-state index contributed by atoms with van der Waals surface area (Å²) in [5.41, 5.74) is 2.69. The first-order valence-corrected chi connectivity index (χ1v) is 8.72. The maximum Gasteiger partial charge on any atom is 0.279 e. The summed E-state index contributed by atoms with van der Waals surface area (Å²) in [5.74, 6) is 2.30. The van der Waals surface area contributed by atoms with E-state index in [1.807, 2.05) is 10.6 Å². The Balaban J connectivity index is 2.15. The highest BCUT2D eigenvalue weighted by molar-refractivity contribution is 7.16. The normalized spacial score (nSPS) is 11.6. The van der Waals surface area contributed by atoms with Crippen molar-refractivity contribution in [3.05, 3.63) is 63.4 Å². The van der Waals surface area contributed by atoms with Gasteiger partial charge in [0.25, 0.3) is 5.91 Å². The summed E-state index contributed by atoms with van der Waals surface area (Å²) in [6.45, 7) is 2.48. The van der Waals surface area contributed by atoms with E-state index in [2.05, 4.69) is 30.0 Å². The molecule has 0 unspecified atom stereocenters. The summed E-state index contributed by atoms with van der Waals surface area (Å²) in [6, 6.07) is 13.0. The van der Waals surface area contributed by atoms with Crippen LogP contribution in [0.5, 0.6) is 0 Å². The highest BCUT2D eigenvalue weighted by Crippen LogP contribution is 2.20. The van der Waals surface area contributed by atoms with Gasteiger partial charge in [-0.25, -0.2) is 0 Å². The Morgan fingerprint density at radius 3 is 2.88 bits per heavy atom. The summed E-state index contributed by atoms with van der Waals surface area (Å²) in [5, 5.41) is 0.511. The lowest BCUT2D eigenvalue weighted by Gasteiger charge is -2.01. The summed E-state index contributed by atoms with van der Waals surface area (Å²) >= 11 is 7.42. The molecular formula is C19H15ClN2OS. The lowest BCUT2D eigenvalue weighted by atomic mass is 10.2. The largest absolute Gasteiger partial charge is 0.305 e. The van der Waals surface area contributed by atoms with E-state index >= 15 is 0 Å². The zero-order chi connectivity index (χ0) is 17.1. The molecule has 3 nitrogen and oxygen atoms in total. The minimum absolute atomic E-state index is 0.328. The van der Waals surface area contributed by atoms with E-state index in [0.717, 1.165) is 16.6 Å². The Hall–Kier alpha value is -2.35. The molecule has 5 heteroatoms. The van der Waals surface area contributed by atoms with E-state index in [1.165, 1.54) is 16.9 Å². The molecule has 3 rings (SSSR count). The van der Waals surface area contributed by atoms with Gasteiger partial charge in [-0.3, -0.25) is 4.79 Å². The third-order valence-electron chi connectivity index (χ3n) is 3.67. The monoisotopic (exact) mass is 354 g/mol. The van der Waals surface area contributed by atoms with Crippen molar-refractivity contribution in [1.82, 2.24) is 4.57 Å². The van der Waals surface area contributed by atoms with Crippen molar-refractivity contribution in [3.8, 4) is 12.3 Å². The molecule has 0 aliphatic rings. The molecular weight excluding hydrogens is 340 g/mol. The standard InChI is InChI=1S/C19H15ClN2OS/c1-3-10-22-16-9-8-13(4-2)11-17(16)24-19(22)21-18(23)14-6-5-7-15(20)12-14/h1,5-9,11-12H,4,10H2,2H3. The number of hydrogen-bond donors (Lipinski definition) is 0. The van der Waals surface area contributed by atoms with Crippen molar-refractivity contribution in [1.29, 1.82) is 0 Å². The van der Waals surface area contributed by atoms with Gasteiger partial charge in [-0.05, 0) is 42.3 Å². The number of thiazole rings is 1. The van der Waals surface area contributed by atoms with Crippen LogP contribution >= 0.6 is 22.9 Å². The second-order valence-electron chi connectivity index (χ2n) is 5.26. The highest BCUT2D eigenvalue weighted by atomic mass is 35.5. The molecule has 0 saturated heterocycles. The Kier molecular flexibility index (Phi) is 4.84. The summed E-state index contributed by atoms with van der Waals surface area (Å²) < 4.78 is 2.96. The molecule has 0 aliphatic heterocycles. The average Bonchev–Trinajstić information content (AvgIpc) is 2.91. The van der Waals surface area contributed by atoms with Gasteiger partial charge in [0.1, 0.15) is 0 Å². The smallest absolute Gasteiger partial charge is 0.279 e. The molecule has 24 heavy (non-hydrogen) atoms. The van der Waals surface area contributed by atoms with E-state index in [0.29, 0.717) is 21.9 Å². The van der Waals surface area contributed by atoms with Crippen LogP contribution in [-0.4, -0.2) is 10.5 Å². The van der Waals surface area contributed by atoms with Gasteiger partial charge < -0.3 is 4.57 Å². The second-order valence-corrected chi connectivity index (χ2v) is 6.70. The van der Waals surface area contributed by atoms with Gasteiger partial charge in [0.2, 0.25) is 0 Å². The number of amides is 1. The first-order valence-electron chi connectivity index (χ1n) is 7.52. The van der Waals surface area contributed by atoms with Gasteiger partial charge in [0.15, 0.2) is 4.80 Å². The zero-order valence-corrected chi connectivity index (χ0v) is 14.7. The number of fused-ring (bicyclic) bond motifs is 1. The summed E-state index contributed by atoms with van der Waals surface area (Å²) in [7, 11) is 0. The van der Waals surface area contributed by atoms with Crippen molar-refractivity contribution >= 4 is 39.1 Å². The fourth-order valence-electron chi connectivity index (χ4n) is 2.44. The number of hydrogen-bond acceptors (Lipinski definition) is 2. The maximum atomic E-state index is 12.4. The lowest BCUT2D eigenvalue weighted by molar-refractivity contribution is 0.0998. The molecule has 0 fully saturated rings. The Labute approximate surface area is 149 Å². The van der Waals surface area contributed by atoms with E-state index in [1.54, 1.807) is 24.3 Å². The van der Waals surface area contributed by atoms with Crippen LogP contribution in [0.15, 0.2) is 47.5 Å². The second kappa shape index (κ2) is 7.04. The number of aryl methyl sites for hydroxylation is 1. The Morgan fingerprint density at radius 1 is 1.33 bits per heavy atom. The van der Waals surface area contributed by atoms with Gasteiger partial charge in [-0.2, -0.15) is 4.99 Å². The van der Waals surface area contributed by atoms with Crippen LogP contribution in [0.3, 0.4) is 0 Å². The number of rotatable bonds is 3. The third kappa shape index (κ3) is 3.28. The minimum Gasteiger partial charge on any atom is -0.305 e. The minimum atomic E-state index is -0.328. The van der Waals surface area contributed by atoms with Crippen LogP contribution in [0.25, 0.3) is 10.2 Å². The van der Waals surface area contributed by atoms with Gasteiger partial charge >= 0.3 is 0 Å². The quantitative estimate of drug-likeness (QED) is 0.646. The molecule has 1 amide bonds. The topological polar surface area (TPSA) is 34.4 Å². The Bertz CT molecular complexity index is 1020. The summed E-state index contributed by atoms with van der Waals surface area (Å²) in [4.78, 5) is 17.3. The first-order chi connectivity index (χ1) is 11.6. The highest BCUT2D eigenvalue weighted by Gasteiger charge is 2.09. The molecule has 3 aromatic rings. The number of terminal acetylenes is 1. The zero-order valence-electron chi connectivity index (χ0n) is 13.1. The lowest BCUT2D eigenvalue weighted by Crippen LogP contribution is -2.16. The van der Waals surface area contributed by atoms with E-state index < -0.39 is 0 Å². The van der Waals surface area contributed by atoms with Crippen LogP contribution < -0.4 is 4.80 Å². The van der Waals surface area contributed by atoms with E-state index in [4.69, 9.17) is 18.0 Å². The van der Waals surface area contributed by atoms with Crippen molar-refractivity contribution in [2.24, 2.45) is 4.99 Å². The molecule has 0 N–H and O–H groups in total. The fraction of sp³-hybridized carbons (Fsp3) is 0.158. The number of carbonyl (C=O) groups is 1. The van der Waals surface area contributed by atoms with Crippen LogP contribution in [0.2, 0.25) is 5.02 Å². The van der Waals surface area contributed by atoms with Crippen LogP contribution in [-0.2, 0) is 13.0 Å². The fourth-order valence-corrected chi connectivity index (χ4v) is 3.72. The predicted octanol–water partition coefficient (Wildman–Crippen LogP) is 4.29. The number of halogens is 1. The molecule has 2 aromatic carbocycles. The van der Waals surface area contributed by atoms with Gasteiger partial charge in [0.05, 0.1) is 16.8 Å². The van der Waals surface area contributed by atoms with Crippen molar-refractivity contribution in [3.63, 3.8) is 0 Å². The molecule has 0 aliphatic carbocycles. The molecule has 120 valence electrons. The molecule has 0 spiro atoms. The van der Waals surface area contributed by atoms with Gasteiger partial charge in [-0.1, -0.05) is 47.9 Å². The van der Waals surface area contributed by atoms with E-state index in [-0.39, 0.29) is 5.91 Å². The molecule has 0 bridgehead atoms. The first kappa shape index (κ1) is 16.5. The van der Waals surface area contributed by atoms with Crippen molar-refractivity contribution in [2.45, 2.75) is 19.9 Å². The van der Waals surface area contributed by atoms with Crippen molar-refractivity contribution < 1.29 is 4.79 Å². The number of benzene rings is 2. The SMILES string of the molecule is C#CCn1c(=NC(=O)c2cccc(Cl)c2)sc2cc(CC)ccc21. The van der Waals surface area contributed by atoms with E-state index in [9.17, 15) is 4.79 Å². The molecule has 1 aromatic heterocycles. The molecule has 0 saturated carbocycles. The van der Waals surface area contributed by atoms with Crippen molar-refractivity contribution in [2.75, 3.05) is 0 Å². The predicted molar refractivity (Wildman–Crippen MR) is 99.4 cm³/mol. The van der Waals surface area contributed by atoms with Crippen LogP contribution in [0.1, 0.15) is 22.8 Å². The number of carbonyl (C=O) groups excluding carboxylic acids is 1. The third-order valence-corrected chi connectivity index (χ3v) is 4.95. The number of aromatic nitrogens is 1. The average molecular weight is 355 g/mol. The Morgan fingerprint density at radius 2 is 2.17 bits per heavy atom. The van der Waals surface area contributed by atoms with Crippen LogP contribution in [0, 0.1) is 12.3 Å². The summed E-state index contributed by atoms with van der Waals surface area (Å²) in [6.07, 6.45) is 6.44. The van der Waals surface area contributed by atoms with Gasteiger partial charge in [-0.15, -0.1) is 6.42 Å². The molecule has 0 radical (unpaired) electrons. The molecule has 0 atom stereocenters.